The highest BCUT2D eigenvalue weighted by atomic mass is 35.5. The van der Waals surface area contributed by atoms with Crippen molar-refractivity contribution in [3.63, 3.8) is 0 Å². The monoisotopic (exact) mass is 471 g/mol. The standard InChI is InChI=1S/C24H20Cl2FN3O2/c1-30(2)19-9-7-15(8-10-19)11-22(29-23(31)20-5-3-4-6-21(20)27)24(32)28-18-13-16(25)12-17(26)14-18/h3-14H,1-2H3,(H,28,32)(H,29,31). The summed E-state index contributed by atoms with van der Waals surface area (Å²) in [6.07, 6.45) is 1.50. The number of nitrogens with zero attached hydrogens (tertiary/aromatic N) is 1. The van der Waals surface area contributed by atoms with Gasteiger partial charge in [0.05, 0.1) is 5.56 Å². The van der Waals surface area contributed by atoms with Crippen LogP contribution in [0.5, 0.6) is 0 Å². The zero-order valence-corrected chi connectivity index (χ0v) is 18.8. The molecule has 3 aromatic rings. The lowest BCUT2D eigenvalue weighted by Gasteiger charge is -2.14. The predicted octanol–water partition coefficient (Wildman–Crippen LogP) is 5.61. The summed E-state index contributed by atoms with van der Waals surface area (Å²) in [7, 11) is 3.82. The van der Waals surface area contributed by atoms with Crippen molar-refractivity contribution >= 4 is 52.5 Å². The third-order valence-electron chi connectivity index (χ3n) is 4.45. The van der Waals surface area contributed by atoms with Gasteiger partial charge in [-0.2, -0.15) is 0 Å². The van der Waals surface area contributed by atoms with Crippen LogP contribution in [-0.4, -0.2) is 25.9 Å². The van der Waals surface area contributed by atoms with Crippen molar-refractivity contribution in [3.8, 4) is 0 Å². The topological polar surface area (TPSA) is 61.4 Å². The normalized spacial score (nSPS) is 11.1. The van der Waals surface area contributed by atoms with Gasteiger partial charge in [0.1, 0.15) is 11.5 Å². The fourth-order valence-electron chi connectivity index (χ4n) is 2.85. The summed E-state index contributed by atoms with van der Waals surface area (Å²) in [5.41, 5.74) is 1.73. The molecule has 0 saturated carbocycles. The quantitative estimate of drug-likeness (QED) is 0.459. The molecule has 164 valence electrons. The van der Waals surface area contributed by atoms with Crippen LogP contribution in [0, 0.1) is 5.82 Å². The summed E-state index contributed by atoms with van der Waals surface area (Å²) >= 11 is 12.0. The first-order valence-corrected chi connectivity index (χ1v) is 10.3. The van der Waals surface area contributed by atoms with Crippen LogP contribution in [-0.2, 0) is 4.79 Å². The minimum absolute atomic E-state index is 0.0769. The molecular weight excluding hydrogens is 452 g/mol. The van der Waals surface area contributed by atoms with Gasteiger partial charge in [0.2, 0.25) is 0 Å². The third kappa shape index (κ3) is 6.09. The Hall–Kier alpha value is -3.35. The molecule has 0 aliphatic carbocycles. The molecule has 0 spiro atoms. The molecule has 0 aliphatic rings. The molecule has 5 nitrogen and oxygen atoms in total. The third-order valence-corrected chi connectivity index (χ3v) is 4.89. The van der Waals surface area contributed by atoms with Gasteiger partial charge >= 0.3 is 0 Å². The molecule has 0 radical (unpaired) electrons. The van der Waals surface area contributed by atoms with E-state index in [0.717, 1.165) is 5.69 Å². The molecule has 3 aromatic carbocycles. The van der Waals surface area contributed by atoms with Crippen LogP contribution in [0.3, 0.4) is 0 Å². The van der Waals surface area contributed by atoms with Crippen LogP contribution in [0.4, 0.5) is 15.8 Å². The maximum atomic E-state index is 14.1. The first-order chi connectivity index (χ1) is 15.2. The molecule has 0 unspecified atom stereocenters. The number of carbonyl (C=O) groups excluding carboxylic acids is 2. The molecule has 8 heteroatoms. The molecular formula is C24H20Cl2FN3O2. The highest BCUT2D eigenvalue weighted by molar-refractivity contribution is 6.35. The molecule has 0 aliphatic heterocycles. The van der Waals surface area contributed by atoms with E-state index >= 15 is 0 Å². The van der Waals surface area contributed by atoms with Crippen molar-refractivity contribution in [1.29, 1.82) is 0 Å². The van der Waals surface area contributed by atoms with Gasteiger partial charge in [-0.05, 0) is 54.1 Å². The summed E-state index contributed by atoms with van der Waals surface area (Å²) in [4.78, 5) is 27.6. The average molecular weight is 472 g/mol. The largest absolute Gasteiger partial charge is 0.378 e. The predicted molar refractivity (Wildman–Crippen MR) is 128 cm³/mol. The molecule has 0 saturated heterocycles. The van der Waals surface area contributed by atoms with Crippen LogP contribution in [0.15, 0.2) is 72.4 Å². The van der Waals surface area contributed by atoms with E-state index in [1.54, 1.807) is 12.1 Å². The SMILES string of the molecule is CN(C)c1ccc(C=C(NC(=O)c2ccccc2F)C(=O)Nc2cc(Cl)cc(Cl)c2)cc1. The van der Waals surface area contributed by atoms with Crippen LogP contribution in [0.2, 0.25) is 10.0 Å². The minimum Gasteiger partial charge on any atom is -0.378 e. The van der Waals surface area contributed by atoms with E-state index in [4.69, 9.17) is 23.2 Å². The van der Waals surface area contributed by atoms with E-state index in [1.165, 1.54) is 48.5 Å². The maximum absolute atomic E-state index is 14.1. The molecule has 2 amide bonds. The molecule has 32 heavy (non-hydrogen) atoms. The second-order valence-electron chi connectivity index (χ2n) is 7.09. The van der Waals surface area contributed by atoms with E-state index in [-0.39, 0.29) is 11.3 Å². The van der Waals surface area contributed by atoms with Crippen LogP contribution in [0.25, 0.3) is 6.08 Å². The molecule has 3 rings (SSSR count). The van der Waals surface area contributed by atoms with Crippen molar-refractivity contribution in [3.05, 3.63) is 99.4 Å². The Morgan fingerprint density at radius 3 is 2.16 bits per heavy atom. The zero-order valence-electron chi connectivity index (χ0n) is 17.3. The summed E-state index contributed by atoms with van der Waals surface area (Å²) in [6, 6.07) is 17.4. The van der Waals surface area contributed by atoms with Crippen molar-refractivity contribution in [1.82, 2.24) is 5.32 Å². The van der Waals surface area contributed by atoms with Crippen molar-refractivity contribution in [2.45, 2.75) is 0 Å². The average Bonchev–Trinajstić information content (AvgIpc) is 2.73. The highest BCUT2D eigenvalue weighted by Crippen LogP contribution is 2.23. The van der Waals surface area contributed by atoms with Crippen LogP contribution in [0.1, 0.15) is 15.9 Å². The number of nitrogens with one attached hydrogen (secondary N) is 2. The summed E-state index contributed by atoms with van der Waals surface area (Å²) in [6.45, 7) is 0. The molecule has 0 heterocycles. The molecule has 2 N–H and O–H groups in total. The Bertz CT molecular complexity index is 1160. The van der Waals surface area contributed by atoms with Gasteiger partial charge in [-0.25, -0.2) is 4.39 Å². The smallest absolute Gasteiger partial charge is 0.272 e. The molecule has 0 fully saturated rings. The second kappa shape index (κ2) is 10.3. The number of anilines is 2. The van der Waals surface area contributed by atoms with Gasteiger partial charge < -0.3 is 15.5 Å². The highest BCUT2D eigenvalue weighted by Gasteiger charge is 2.17. The number of hydrogen-bond acceptors (Lipinski definition) is 3. The Morgan fingerprint density at radius 1 is 0.938 bits per heavy atom. The number of amides is 2. The number of carbonyl (C=O) groups is 2. The number of halogens is 3. The van der Waals surface area contributed by atoms with Crippen molar-refractivity contribution < 1.29 is 14.0 Å². The number of rotatable bonds is 6. The van der Waals surface area contributed by atoms with Gasteiger partial charge in [-0.3, -0.25) is 9.59 Å². The Morgan fingerprint density at radius 2 is 1.56 bits per heavy atom. The molecule has 0 aromatic heterocycles. The Kier molecular flexibility index (Phi) is 7.51. The first kappa shape index (κ1) is 23.3. The fraction of sp³-hybridized carbons (Fsp3) is 0.0833. The van der Waals surface area contributed by atoms with Crippen molar-refractivity contribution in [2.75, 3.05) is 24.3 Å². The number of benzene rings is 3. The van der Waals surface area contributed by atoms with Crippen molar-refractivity contribution in [2.24, 2.45) is 0 Å². The van der Waals surface area contributed by atoms with Gasteiger partial charge in [-0.1, -0.05) is 47.5 Å². The van der Waals surface area contributed by atoms with E-state index in [9.17, 15) is 14.0 Å². The minimum atomic E-state index is -0.751. The summed E-state index contributed by atoms with van der Waals surface area (Å²) < 4.78 is 14.1. The summed E-state index contributed by atoms with van der Waals surface area (Å²) in [5.74, 6) is -2.06. The number of hydrogen-bond donors (Lipinski definition) is 2. The summed E-state index contributed by atoms with van der Waals surface area (Å²) in [5, 5.41) is 5.84. The Labute approximate surface area is 195 Å². The van der Waals surface area contributed by atoms with Gasteiger partial charge in [0.25, 0.3) is 11.8 Å². The molecule has 0 atom stereocenters. The van der Waals surface area contributed by atoms with E-state index in [2.05, 4.69) is 10.6 Å². The van der Waals surface area contributed by atoms with Crippen LogP contribution >= 0.6 is 23.2 Å². The zero-order chi connectivity index (χ0) is 23.3. The second-order valence-corrected chi connectivity index (χ2v) is 7.96. The lowest BCUT2D eigenvalue weighted by atomic mass is 10.1. The van der Waals surface area contributed by atoms with Gasteiger partial charge in [-0.15, -0.1) is 0 Å². The maximum Gasteiger partial charge on any atom is 0.272 e. The van der Waals surface area contributed by atoms with Gasteiger partial charge in [0, 0.05) is 35.5 Å². The fourth-order valence-corrected chi connectivity index (χ4v) is 3.38. The lowest BCUT2D eigenvalue weighted by molar-refractivity contribution is -0.113. The van der Waals surface area contributed by atoms with E-state index in [0.29, 0.717) is 21.3 Å². The molecule has 0 bridgehead atoms. The van der Waals surface area contributed by atoms with Crippen LogP contribution < -0.4 is 15.5 Å². The Balaban J connectivity index is 1.93. The van der Waals surface area contributed by atoms with E-state index in [1.807, 2.05) is 31.1 Å². The lowest BCUT2D eigenvalue weighted by Crippen LogP contribution is -2.31. The van der Waals surface area contributed by atoms with E-state index < -0.39 is 17.6 Å². The first-order valence-electron chi connectivity index (χ1n) is 9.55. The van der Waals surface area contributed by atoms with Gasteiger partial charge in [0.15, 0.2) is 0 Å².